The van der Waals surface area contributed by atoms with Crippen LogP contribution in [0.15, 0.2) is 138 Å². The largest absolute Gasteiger partial charge is 0.307 e. The summed E-state index contributed by atoms with van der Waals surface area (Å²) in [5.41, 5.74) is 8.21. The average molecular weight is 583 g/mol. The molecule has 0 atom stereocenters. The summed E-state index contributed by atoms with van der Waals surface area (Å²) in [5.74, 6) is 0. The Morgan fingerprint density at radius 3 is 1.80 bits per heavy atom. The van der Waals surface area contributed by atoms with Gasteiger partial charge < -0.3 is 9.13 Å². The number of para-hydroxylation sites is 5. The Labute approximate surface area is 254 Å². The molecule has 0 aliphatic heterocycles. The molecule has 206 valence electrons. The topological polar surface area (TPSA) is 44.2 Å². The Hall–Kier alpha value is -5.72. The second kappa shape index (κ2) is 8.66. The molecule has 0 spiro atoms. The number of benzene rings is 6. The third kappa shape index (κ3) is 3.07. The first-order valence-electron chi connectivity index (χ1n) is 14.6. The Bertz CT molecular complexity index is 2850. The Morgan fingerprint density at radius 2 is 1.09 bits per heavy atom. The van der Waals surface area contributed by atoms with Crippen LogP contribution in [0, 0.1) is 0 Å². The highest BCUT2D eigenvalue weighted by atomic mass is 32.1. The van der Waals surface area contributed by atoms with Crippen LogP contribution in [0.1, 0.15) is 0 Å². The zero-order valence-corrected chi connectivity index (χ0v) is 24.1. The van der Waals surface area contributed by atoms with Crippen molar-refractivity contribution >= 4 is 81.0 Å². The van der Waals surface area contributed by atoms with E-state index in [0.717, 1.165) is 49.2 Å². The summed E-state index contributed by atoms with van der Waals surface area (Å²) in [7, 11) is 0. The maximum Gasteiger partial charge on any atom is 0.266 e. The predicted molar refractivity (Wildman–Crippen MR) is 183 cm³/mol. The van der Waals surface area contributed by atoms with E-state index < -0.39 is 0 Å². The van der Waals surface area contributed by atoms with Crippen LogP contribution < -0.4 is 5.56 Å². The van der Waals surface area contributed by atoms with Gasteiger partial charge in [0.2, 0.25) is 0 Å². The molecule has 6 heteroatoms. The van der Waals surface area contributed by atoms with Crippen LogP contribution in [0.2, 0.25) is 0 Å². The fraction of sp³-hybridized carbons (Fsp3) is 0. The lowest BCUT2D eigenvalue weighted by molar-refractivity contribution is 1.15. The van der Waals surface area contributed by atoms with E-state index >= 15 is 0 Å². The lowest BCUT2D eigenvalue weighted by atomic mass is 10.1. The van der Waals surface area contributed by atoms with Gasteiger partial charge in [0.1, 0.15) is 0 Å². The van der Waals surface area contributed by atoms with Gasteiger partial charge in [0.05, 0.1) is 38.5 Å². The van der Waals surface area contributed by atoms with E-state index in [1.54, 1.807) is 15.7 Å². The van der Waals surface area contributed by atoms with Crippen molar-refractivity contribution < 1.29 is 0 Å². The van der Waals surface area contributed by atoms with Gasteiger partial charge >= 0.3 is 0 Å². The van der Waals surface area contributed by atoms with Crippen molar-refractivity contribution in [1.82, 2.24) is 18.5 Å². The van der Waals surface area contributed by atoms with Crippen LogP contribution in [-0.2, 0) is 0 Å². The van der Waals surface area contributed by atoms with Crippen LogP contribution in [-0.4, -0.2) is 18.5 Å². The van der Waals surface area contributed by atoms with Gasteiger partial charge in [0.25, 0.3) is 5.56 Å². The zero-order valence-electron chi connectivity index (χ0n) is 23.3. The molecule has 4 heterocycles. The molecule has 10 rings (SSSR count). The summed E-state index contributed by atoms with van der Waals surface area (Å²) in [5, 5.41) is 5.44. The maximum absolute atomic E-state index is 14.1. The van der Waals surface area contributed by atoms with Crippen molar-refractivity contribution in [1.29, 1.82) is 0 Å². The van der Waals surface area contributed by atoms with E-state index in [1.165, 1.54) is 21.5 Å². The predicted octanol–water partition coefficient (Wildman–Crippen LogP) is 9.26. The van der Waals surface area contributed by atoms with Gasteiger partial charge in [0.15, 0.2) is 4.96 Å². The van der Waals surface area contributed by atoms with E-state index in [4.69, 9.17) is 4.98 Å². The molecule has 0 unspecified atom stereocenters. The highest BCUT2D eigenvalue weighted by Crippen LogP contribution is 2.41. The Balaban J connectivity index is 1.39. The minimum absolute atomic E-state index is 0.0476. The molecule has 0 saturated carbocycles. The van der Waals surface area contributed by atoms with Crippen molar-refractivity contribution in [3.63, 3.8) is 0 Å². The number of fused-ring (bicyclic) bond motifs is 11. The monoisotopic (exact) mass is 582 g/mol. The lowest BCUT2D eigenvalue weighted by Gasteiger charge is -2.13. The molecule has 0 aliphatic carbocycles. The normalized spacial score (nSPS) is 12.2. The summed E-state index contributed by atoms with van der Waals surface area (Å²) in [6.45, 7) is 0. The zero-order chi connectivity index (χ0) is 28.9. The van der Waals surface area contributed by atoms with E-state index in [9.17, 15) is 4.79 Å². The molecule has 44 heavy (non-hydrogen) atoms. The Kier molecular flexibility index (Phi) is 4.68. The molecule has 0 bridgehead atoms. The number of hydrogen-bond acceptors (Lipinski definition) is 3. The van der Waals surface area contributed by atoms with Gasteiger partial charge in [-0.15, -0.1) is 0 Å². The van der Waals surface area contributed by atoms with Crippen LogP contribution in [0.25, 0.3) is 81.1 Å². The van der Waals surface area contributed by atoms with Crippen molar-refractivity contribution in [2.45, 2.75) is 0 Å². The average Bonchev–Trinajstić information content (AvgIpc) is 3.73. The van der Waals surface area contributed by atoms with Crippen LogP contribution in [0.5, 0.6) is 0 Å². The maximum atomic E-state index is 14.1. The molecule has 0 fully saturated rings. The number of rotatable bonds is 2. The standard InChI is InChI=1S/C38H22N4OS/c43-37-29-22-24(18-21-34(29)44-38-39-30-14-6-9-17-33(30)42(37)38)41-32-16-8-5-13-26(32)28-20-19-27-25-12-4-7-15-31(25)40(35(27)36(28)41)23-10-2-1-3-11-23/h1-22H. The Morgan fingerprint density at radius 1 is 0.500 bits per heavy atom. The molecule has 0 amide bonds. The van der Waals surface area contributed by atoms with E-state index in [2.05, 4.69) is 118 Å². The molecule has 0 N–H and O–H groups in total. The van der Waals surface area contributed by atoms with Crippen LogP contribution in [0.4, 0.5) is 0 Å². The summed E-state index contributed by atoms with van der Waals surface area (Å²) in [4.78, 5) is 19.6. The SMILES string of the molecule is O=c1c2cc(-n3c4ccccc4c4ccc5c6ccccc6n(-c6ccccc6)c5c43)ccc2sc2nc3ccccc3n12. The van der Waals surface area contributed by atoms with E-state index in [1.807, 2.05) is 24.3 Å². The minimum atomic E-state index is -0.0476. The second-order valence-corrected chi connectivity index (χ2v) is 12.2. The summed E-state index contributed by atoms with van der Waals surface area (Å²) in [6, 6.07) is 46.4. The first-order chi connectivity index (χ1) is 21.8. The van der Waals surface area contributed by atoms with Gasteiger partial charge in [-0.1, -0.05) is 90.2 Å². The minimum Gasteiger partial charge on any atom is -0.307 e. The number of aromatic nitrogens is 4. The fourth-order valence-corrected chi connectivity index (χ4v) is 8.02. The summed E-state index contributed by atoms with van der Waals surface area (Å²) in [6.07, 6.45) is 0. The number of hydrogen-bond donors (Lipinski definition) is 0. The molecule has 0 radical (unpaired) electrons. The summed E-state index contributed by atoms with van der Waals surface area (Å²) < 4.78 is 7.39. The molecule has 0 saturated heterocycles. The van der Waals surface area contributed by atoms with Gasteiger partial charge in [-0.3, -0.25) is 4.79 Å². The third-order valence-electron chi connectivity index (χ3n) is 8.87. The molecular formula is C38H22N4OS. The first-order valence-corrected chi connectivity index (χ1v) is 15.4. The van der Waals surface area contributed by atoms with Crippen molar-refractivity contribution in [2.75, 3.05) is 0 Å². The molecule has 0 aliphatic rings. The van der Waals surface area contributed by atoms with Crippen molar-refractivity contribution in [3.8, 4) is 11.4 Å². The molecule has 6 aromatic carbocycles. The van der Waals surface area contributed by atoms with E-state index in [0.29, 0.717) is 10.3 Å². The van der Waals surface area contributed by atoms with Crippen molar-refractivity contribution in [3.05, 3.63) is 144 Å². The summed E-state index contributed by atoms with van der Waals surface area (Å²) >= 11 is 1.55. The van der Waals surface area contributed by atoms with Gasteiger partial charge in [0, 0.05) is 37.6 Å². The lowest BCUT2D eigenvalue weighted by Crippen LogP contribution is -2.12. The number of imidazole rings is 1. The van der Waals surface area contributed by atoms with Gasteiger partial charge in [-0.2, -0.15) is 0 Å². The third-order valence-corrected chi connectivity index (χ3v) is 9.90. The fourth-order valence-electron chi connectivity index (χ4n) is 7.01. The van der Waals surface area contributed by atoms with Gasteiger partial charge in [-0.25, -0.2) is 9.38 Å². The molecule has 5 nitrogen and oxygen atoms in total. The second-order valence-electron chi connectivity index (χ2n) is 11.2. The van der Waals surface area contributed by atoms with Crippen LogP contribution >= 0.6 is 11.3 Å². The highest BCUT2D eigenvalue weighted by Gasteiger charge is 2.21. The smallest absolute Gasteiger partial charge is 0.266 e. The quantitative estimate of drug-likeness (QED) is 0.204. The molecule has 4 aromatic heterocycles. The van der Waals surface area contributed by atoms with Crippen LogP contribution in [0.3, 0.4) is 0 Å². The van der Waals surface area contributed by atoms with E-state index in [-0.39, 0.29) is 5.56 Å². The van der Waals surface area contributed by atoms with Crippen molar-refractivity contribution in [2.24, 2.45) is 0 Å². The number of nitrogens with zero attached hydrogens (tertiary/aromatic N) is 4. The molecule has 10 aromatic rings. The molecular weight excluding hydrogens is 561 g/mol. The highest BCUT2D eigenvalue weighted by molar-refractivity contribution is 7.23. The van der Waals surface area contributed by atoms with Gasteiger partial charge in [-0.05, 0) is 54.6 Å². The first kappa shape index (κ1) is 23.8.